The van der Waals surface area contributed by atoms with Crippen LogP contribution in [0.3, 0.4) is 0 Å². The van der Waals surface area contributed by atoms with E-state index in [2.05, 4.69) is 0 Å². The fourth-order valence-corrected chi connectivity index (χ4v) is 10.3. The molecule has 2 aromatic rings. The zero-order chi connectivity index (χ0) is 48.6. The van der Waals surface area contributed by atoms with E-state index in [0.717, 1.165) is 12.1 Å². The number of alkyl halides is 3. The molecule has 0 saturated heterocycles. The Labute approximate surface area is 363 Å². The fourth-order valence-electron chi connectivity index (χ4n) is 10.3. The maximum absolute atomic E-state index is 14.3. The van der Waals surface area contributed by atoms with Crippen LogP contribution < -0.4 is 17.2 Å². The molecule has 24 heteroatoms. The van der Waals surface area contributed by atoms with Crippen LogP contribution >= 0.6 is 0 Å². The van der Waals surface area contributed by atoms with Crippen LogP contribution in [0.2, 0.25) is 0 Å². The smallest absolute Gasteiger partial charge is 0.342 e. The molecule has 0 heterocycles. The highest BCUT2D eigenvalue weighted by Crippen LogP contribution is 2.69. The maximum Gasteiger partial charge on any atom is 0.342 e. The number of fused-ring (bicyclic) bond motifs is 3. The van der Waals surface area contributed by atoms with Gasteiger partial charge in [0.15, 0.2) is 11.6 Å². The zero-order valence-corrected chi connectivity index (χ0v) is 34.0. The van der Waals surface area contributed by atoms with E-state index in [1.165, 1.54) is 30.3 Å². The third-order valence-corrected chi connectivity index (χ3v) is 13.8. The minimum atomic E-state index is -2.67. The Morgan fingerprint density at radius 2 is 0.877 bits per heavy atom. The summed E-state index contributed by atoms with van der Waals surface area (Å²) in [5.41, 5.74) is 4.20. The Balaban J connectivity index is 0.000000163. The average Bonchev–Trinajstić information content (AvgIpc) is 4.06. The number of hydrogen-bond acceptors (Lipinski definition) is 12. The van der Waals surface area contributed by atoms with Gasteiger partial charge < -0.3 is 62.1 Å². The fraction of sp³-hybridized carbons (Fsp3) is 0.561. The predicted octanol–water partition coefficient (Wildman–Crippen LogP) is 2.02. The molecule has 15 atom stereocenters. The van der Waals surface area contributed by atoms with E-state index in [0.29, 0.717) is 18.6 Å². The van der Waals surface area contributed by atoms with Gasteiger partial charge in [-0.1, -0.05) is 25.1 Å². The Hall–Kier alpha value is -5.40. The number of halogens is 6. The monoisotopic (exact) mass is 933 g/mol. The quantitative estimate of drug-likeness (QED) is 0.115. The van der Waals surface area contributed by atoms with Crippen molar-refractivity contribution in [3.63, 3.8) is 0 Å². The van der Waals surface area contributed by atoms with Crippen molar-refractivity contribution < 1.29 is 100.0 Å². The van der Waals surface area contributed by atoms with Crippen molar-refractivity contribution in [2.45, 2.75) is 97.8 Å². The molecule has 0 aliphatic heterocycles. The molecule has 2 aromatic carbocycles. The van der Waals surface area contributed by atoms with Crippen LogP contribution in [0.15, 0.2) is 42.5 Å². The molecule has 0 radical (unpaired) electrons. The van der Waals surface area contributed by atoms with Gasteiger partial charge >= 0.3 is 35.8 Å². The number of carboxylic acid groups (broad SMARTS) is 6. The summed E-state index contributed by atoms with van der Waals surface area (Å²) < 4.78 is 97.8. The van der Waals surface area contributed by atoms with Crippen molar-refractivity contribution in [3.8, 4) is 0 Å². The Kier molecular flexibility index (Phi) is 12.7. The first kappa shape index (κ1) is 49.0. The van der Waals surface area contributed by atoms with Gasteiger partial charge in [-0.15, -0.1) is 0 Å². The molecular weight excluding hydrogens is 888 g/mol. The summed E-state index contributed by atoms with van der Waals surface area (Å²) in [4.78, 5) is 67.2. The lowest BCUT2D eigenvalue weighted by atomic mass is 9.88. The Morgan fingerprint density at radius 3 is 1.20 bits per heavy atom. The second-order valence-electron chi connectivity index (χ2n) is 17.2. The molecule has 6 fully saturated rings. The maximum atomic E-state index is 14.3. The first-order valence-corrected chi connectivity index (χ1v) is 20.0. The molecule has 12 N–H and O–H groups in total. The lowest BCUT2D eigenvalue weighted by molar-refractivity contribution is -0.158. The lowest BCUT2D eigenvalue weighted by Crippen LogP contribution is -2.60. The number of rotatable bonds is 15. The van der Waals surface area contributed by atoms with Gasteiger partial charge in [-0.05, 0) is 61.1 Å². The van der Waals surface area contributed by atoms with Crippen molar-refractivity contribution in [1.29, 1.82) is 0 Å². The van der Waals surface area contributed by atoms with Crippen LogP contribution in [0.25, 0.3) is 0 Å². The highest BCUT2D eigenvalue weighted by Gasteiger charge is 2.87. The molecule has 6 aliphatic rings. The van der Waals surface area contributed by atoms with Crippen molar-refractivity contribution in [3.05, 3.63) is 71.0 Å². The SMILES string of the molecule is CCCO[C@@H]1C[C@@H]2[C@H]([C@]1(N)C(=O)O)[C@@]2(F)C(=O)O.N[C@]1(C(=O)O)[C@H]2[C@@H](C[C@H]1OCc1ccc(F)c(F)c1)[C@]2(F)C(=O)O.N[C@]1(C(=O)O)[C@H]2[C@@H](C[C@H]1OCc1ccc(F)cc1)[C@]2(F)C(=O)O. The molecule has 0 unspecified atom stereocenters. The number of aliphatic carboxylic acids is 6. The van der Waals surface area contributed by atoms with Crippen LogP contribution in [-0.4, -0.2) is 125 Å². The van der Waals surface area contributed by atoms with E-state index in [9.17, 15) is 70.4 Å². The van der Waals surface area contributed by atoms with Gasteiger partial charge in [0.2, 0.25) is 17.0 Å². The summed E-state index contributed by atoms with van der Waals surface area (Å²) in [7, 11) is 0. The van der Waals surface area contributed by atoms with E-state index in [-0.39, 0.29) is 38.0 Å². The second-order valence-corrected chi connectivity index (χ2v) is 17.2. The normalized spacial score (nSPS) is 39.8. The van der Waals surface area contributed by atoms with Gasteiger partial charge in [0.05, 0.1) is 31.5 Å². The highest BCUT2D eigenvalue weighted by molar-refractivity contribution is 5.92. The summed E-state index contributed by atoms with van der Waals surface area (Å²) >= 11 is 0. The lowest BCUT2D eigenvalue weighted by Gasteiger charge is -2.31. The van der Waals surface area contributed by atoms with E-state index in [1.807, 2.05) is 6.92 Å². The zero-order valence-electron chi connectivity index (χ0n) is 34.0. The summed E-state index contributed by atoms with van der Waals surface area (Å²) in [6, 6.07) is 8.44. The van der Waals surface area contributed by atoms with E-state index in [1.54, 1.807) is 0 Å². The van der Waals surface area contributed by atoms with Gasteiger partial charge in [0.25, 0.3) is 0 Å². The topological polar surface area (TPSA) is 330 Å². The molecule has 65 heavy (non-hydrogen) atoms. The third kappa shape index (κ3) is 7.56. The van der Waals surface area contributed by atoms with E-state index >= 15 is 0 Å². The number of benzene rings is 2. The van der Waals surface area contributed by atoms with Gasteiger partial charge in [-0.2, -0.15) is 0 Å². The van der Waals surface area contributed by atoms with Gasteiger partial charge in [0.1, 0.15) is 22.4 Å². The molecule has 0 bridgehead atoms. The van der Waals surface area contributed by atoms with Gasteiger partial charge in [0, 0.05) is 42.1 Å². The summed E-state index contributed by atoms with van der Waals surface area (Å²) in [5.74, 6) is -18.9. The second kappa shape index (κ2) is 16.8. The third-order valence-electron chi connectivity index (χ3n) is 13.8. The molecule has 18 nitrogen and oxygen atoms in total. The largest absolute Gasteiger partial charge is 0.480 e. The minimum Gasteiger partial charge on any atom is -0.480 e. The number of carboxylic acids is 6. The van der Waals surface area contributed by atoms with Gasteiger partial charge in [-0.25, -0.2) is 40.7 Å². The van der Waals surface area contributed by atoms with Crippen LogP contribution in [0, 0.1) is 53.0 Å². The first-order valence-electron chi connectivity index (χ1n) is 20.0. The first-order chi connectivity index (χ1) is 30.2. The molecule has 8 rings (SSSR count). The van der Waals surface area contributed by atoms with E-state index in [4.69, 9.17) is 46.7 Å². The van der Waals surface area contributed by atoms with Crippen LogP contribution in [0.1, 0.15) is 43.7 Å². The summed E-state index contributed by atoms with van der Waals surface area (Å²) in [6.45, 7) is 1.89. The number of carbonyl (C=O) groups is 6. The molecule has 356 valence electrons. The van der Waals surface area contributed by atoms with Crippen LogP contribution in [-0.2, 0) is 56.2 Å². The molecule has 0 aromatic heterocycles. The Bertz CT molecular complexity index is 2280. The summed E-state index contributed by atoms with van der Waals surface area (Å²) in [6.07, 6.45) is -2.52. The molecule has 0 spiro atoms. The van der Waals surface area contributed by atoms with Crippen LogP contribution in [0.4, 0.5) is 26.3 Å². The summed E-state index contributed by atoms with van der Waals surface area (Å²) in [5, 5.41) is 54.6. The molecule has 6 saturated carbocycles. The van der Waals surface area contributed by atoms with Crippen molar-refractivity contribution >= 4 is 35.8 Å². The standard InChI is InChI=1S/C15H14F3NO5.C15H15F2NO5.C11H16FNO5/c16-8-2-1-6(3-9(8)17)5-24-10-4-7-11(14(7,18)12(20)21)15(10,19)13(22)23;16-8-3-1-7(2-4-8)6-23-10-5-9-11(14(9,17)12(19)20)15(10,18)13(21)22;1-2-3-18-6-4-5-7(10(5,12)8(14)15)11(6,13)9(16)17/h1-3,7,10-11H,4-5,19H2,(H,20,21)(H,22,23);1-4,9-11H,5-6,18H2,(H,19,20)(H,21,22);5-7H,2-4,13H2,1H3,(H,14,15)(H,16,17)/t7-,10-,11+,14-,15+;9-,10-,11+,14-,15+;5-,6-,7+,10-,11+/m111/s1. The van der Waals surface area contributed by atoms with Crippen LogP contribution in [0.5, 0.6) is 0 Å². The average molecular weight is 934 g/mol. The molecular formula is C41H45F6N3O15. The highest BCUT2D eigenvalue weighted by atomic mass is 19.2. The molecule has 0 amide bonds. The van der Waals surface area contributed by atoms with Gasteiger partial charge in [-0.3, -0.25) is 14.4 Å². The van der Waals surface area contributed by atoms with Crippen molar-refractivity contribution in [1.82, 2.24) is 0 Å². The molecule has 6 aliphatic carbocycles. The van der Waals surface area contributed by atoms with Crippen molar-refractivity contribution in [2.24, 2.45) is 52.7 Å². The van der Waals surface area contributed by atoms with E-state index < -0.39 is 141 Å². The minimum absolute atomic E-state index is 0.0248. The number of hydrogen-bond donors (Lipinski definition) is 9. The van der Waals surface area contributed by atoms with Crippen molar-refractivity contribution in [2.75, 3.05) is 6.61 Å². The Morgan fingerprint density at radius 1 is 0.538 bits per heavy atom. The predicted molar refractivity (Wildman–Crippen MR) is 203 cm³/mol. The number of nitrogens with two attached hydrogens (primary N) is 3. The number of ether oxygens (including phenoxy) is 3.